The lowest BCUT2D eigenvalue weighted by atomic mass is 9.65. The minimum atomic E-state index is 0.594. The standard InChI is InChI=1S/C20H21NO/c1-13-6-7-14-8-9-21(18(14)10-13)19-11-16-15-4-2-3-5-20(15)22-12-17(16)19/h2-5,7-10,13,16-17,19H,6,11-12H2,1H3/t13?,16-,17+,19?/m1/s1. The van der Waals surface area contributed by atoms with E-state index in [9.17, 15) is 0 Å². The molecule has 2 aliphatic carbocycles. The predicted molar refractivity (Wildman–Crippen MR) is 88.2 cm³/mol. The Labute approximate surface area is 130 Å². The summed E-state index contributed by atoms with van der Waals surface area (Å²) in [6, 6.07) is 11.4. The van der Waals surface area contributed by atoms with Crippen LogP contribution in [0.5, 0.6) is 5.75 Å². The minimum Gasteiger partial charge on any atom is -0.493 e. The van der Waals surface area contributed by atoms with Gasteiger partial charge in [-0.15, -0.1) is 0 Å². The zero-order valence-corrected chi connectivity index (χ0v) is 12.9. The molecule has 5 rings (SSSR count). The Morgan fingerprint density at radius 2 is 2.09 bits per heavy atom. The van der Waals surface area contributed by atoms with Crippen LogP contribution in [0.15, 0.2) is 36.5 Å². The summed E-state index contributed by atoms with van der Waals surface area (Å²) < 4.78 is 8.53. The minimum absolute atomic E-state index is 0.594. The third-order valence-corrected chi connectivity index (χ3v) is 5.75. The molecule has 1 aromatic carbocycles. The van der Waals surface area contributed by atoms with E-state index in [2.05, 4.69) is 60.2 Å². The maximum atomic E-state index is 6.02. The predicted octanol–water partition coefficient (Wildman–Crippen LogP) is 2.83. The molecule has 3 aliphatic rings. The zero-order chi connectivity index (χ0) is 14.7. The van der Waals surface area contributed by atoms with Gasteiger partial charge in [-0.05, 0) is 47.6 Å². The maximum Gasteiger partial charge on any atom is 0.122 e. The van der Waals surface area contributed by atoms with Crippen molar-refractivity contribution in [1.29, 1.82) is 0 Å². The molecule has 0 amide bonds. The lowest BCUT2D eigenvalue weighted by Gasteiger charge is -2.48. The molecule has 0 bridgehead atoms. The Balaban J connectivity index is 1.52. The highest BCUT2D eigenvalue weighted by atomic mass is 16.5. The number of benzene rings is 1. The Morgan fingerprint density at radius 1 is 1.18 bits per heavy atom. The summed E-state index contributed by atoms with van der Waals surface area (Å²) in [6.07, 6.45) is 9.54. The number of nitrogens with zero attached hydrogens (tertiary/aromatic N) is 1. The van der Waals surface area contributed by atoms with Gasteiger partial charge in [0.05, 0.1) is 6.61 Å². The smallest absolute Gasteiger partial charge is 0.122 e. The molecule has 2 nitrogen and oxygen atoms in total. The molecular formula is C20H21NO. The van der Waals surface area contributed by atoms with Crippen LogP contribution in [0.4, 0.5) is 0 Å². The normalized spacial score (nSPS) is 31.5. The van der Waals surface area contributed by atoms with Crippen LogP contribution in [0.25, 0.3) is 12.2 Å². The van der Waals surface area contributed by atoms with Crippen molar-refractivity contribution in [3.8, 4) is 5.75 Å². The van der Waals surface area contributed by atoms with Crippen molar-refractivity contribution >= 4 is 12.2 Å². The summed E-state index contributed by atoms with van der Waals surface area (Å²) in [7, 11) is 0. The van der Waals surface area contributed by atoms with Crippen molar-refractivity contribution in [2.45, 2.75) is 31.7 Å². The first-order valence-electron chi connectivity index (χ1n) is 8.42. The van der Waals surface area contributed by atoms with E-state index < -0.39 is 0 Å². The van der Waals surface area contributed by atoms with Crippen LogP contribution in [-0.4, -0.2) is 11.2 Å². The molecule has 22 heavy (non-hydrogen) atoms. The summed E-state index contributed by atoms with van der Waals surface area (Å²) in [5.74, 6) is 3.06. The number of hydrogen-bond donors (Lipinski definition) is 0. The maximum absolute atomic E-state index is 6.02. The van der Waals surface area contributed by atoms with E-state index in [0.717, 1.165) is 12.4 Å². The summed E-state index contributed by atoms with van der Waals surface area (Å²) in [5, 5.41) is 2.85. The van der Waals surface area contributed by atoms with Gasteiger partial charge in [-0.1, -0.05) is 37.3 Å². The number of para-hydroxylation sites is 1. The van der Waals surface area contributed by atoms with E-state index in [1.54, 1.807) is 0 Å². The van der Waals surface area contributed by atoms with Crippen LogP contribution in [0.3, 0.4) is 0 Å². The van der Waals surface area contributed by atoms with Gasteiger partial charge in [0.25, 0.3) is 0 Å². The third-order valence-electron chi connectivity index (χ3n) is 5.75. The summed E-state index contributed by atoms with van der Waals surface area (Å²) in [6.45, 7) is 3.17. The van der Waals surface area contributed by atoms with Gasteiger partial charge in [0, 0.05) is 23.5 Å². The number of ether oxygens (including phenoxy) is 1. The van der Waals surface area contributed by atoms with Crippen molar-refractivity contribution in [1.82, 2.24) is 4.57 Å². The van der Waals surface area contributed by atoms with E-state index >= 15 is 0 Å². The van der Waals surface area contributed by atoms with Gasteiger partial charge < -0.3 is 9.30 Å². The highest BCUT2D eigenvalue weighted by molar-refractivity contribution is 5.42. The fourth-order valence-electron chi connectivity index (χ4n) is 4.46. The van der Waals surface area contributed by atoms with Crippen molar-refractivity contribution < 1.29 is 4.74 Å². The largest absolute Gasteiger partial charge is 0.493 e. The van der Waals surface area contributed by atoms with Crippen LogP contribution >= 0.6 is 0 Å². The van der Waals surface area contributed by atoms with E-state index in [4.69, 9.17) is 4.74 Å². The average molecular weight is 291 g/mol. The molecule has 2 heteroatoms. The molecule has 2 unspecified atom stereocenters. The van der Waals surface area contributed by atoms with Crippen LogP contribution in [0, 0.1) is 11.8 Å². The second-order valence-electron chi connectivity index (χ2n) is 7.07. The third kappa shape index (κ3) is 1.67. The fraction of sp³-hybridized carbons (Fsp3) is 0.400. The molecule has 0 saturated heterocycles. The number of hydrogen-bond acceptors (Lipinski definition) is 1. The molecule has 1 fully saturated rings. The Morgan fingerprint density at radius 3 is 3.05 bits per heavy atom. The first kappa shape index (κ1) is 12.6. The molecule has 112 valence electrons. The van der Waals surface area contributed by atoms with Gasteiger partial charge in [-0.2, -0.15) is 0 Å². The Bertz CT molecular complexity index is 847. The molecule has 0 N–H and O–H groups in total. The van der Waals surface area contributed by atoms with Gasteiger partial charge in [0.1, 0.15) is 5.75 Å². The summed E-state index contributed by atoms with van der Waals surface area (Å²) in [5.41, 5.74) is 1.42. The molecule has 0 spiro atoms. The molecule has 1 aliphatic heterocycles. The average Bonchev–Trinajstić information content (AvgIpc) is 2.90. The van der Waals surface area contributed by atoms with E-state index in [0.29, 0.717) is 23.8 Å². The van der Waals surface area contributed by atoms with Gasteiger partial charge in [0.15, 0.2) is 0 Å². The number of aromatic nitrogens is 1. The molecule has 2 heterocycles. The van der Waals surface area contributed by atoms with Crippen LogP contribution in [0.2, 0.25) is 0 Å². The lowest BCUT2D eigenvalue weighted by Crippen LogP contribution is -2.47. The molecule has 4 atom stereocenters. The topological polar surface area (TPSA) is 14.2 Å². The summed E-state index contributed by atoms with van der Waals surface area (Å²) in [4.78, 5) is 0. The van der Waals surface area contributed by atoms with E-state index in [1.807, 2.05) is 0 Å². The monoisotopic (exact) mass is 291 g/mol. The Hall–Kier alpha value is -1.96. The van der Waals surface area contributed by atoms with Gasteiger partial charge >= 0.3 is 0 Å². The summed E-state index contributed by atoms with van der Waals surface area (Å²) >= 11 is 0. The van der Waals surface area contributed by atoms with Crippen LogP contribution in [-0.2, 0) is 0 Å². The van der Waals surface area contributed by atoms with E-state index in [1.165, 1.54) is 29.0 Å². The van der Waals surface area contributed by atoms with Gasteiger partial charge in [-0.3, -0.25) is 0 Å². The first-order chi connectivity index (χ1) is 10.8. The second kappa shape index (κ2) is 4.52. The molecule has 2 aromatic rings. The van der Waals surface area contributed by atoms with Crippen molar-refractivity contribution in [3.63, 3.8) is 0 Å². The van der Waals surface area contributed by atoms with Gasteiger partial charge in [0.2, 0.25) is 0 Å². The lowest BCUT2D eigenvalue weighted by molar-refractivity contribution is 0.0559. The highest BCUT2D eigenvalue weighted by Gasteiger charge is 2.46. The SMILES string of the molecule is CC1C=c2c(ccn2C2C[C@@H]3c4ccccc4OC[C@H]23)=CC1. The second-order valence-corrected chi connectivity index (χ2v) is 7.07. The number of rotatable bonds is 1. The van der Waals surface area contributed by atoms with Crippen molar-refractivity contribution in [2.24, 2.45) is 11.8 Å². The Kier molecular flexibility index (Phi) is 2.58. The zero-order valence-electron chi connectivity index (χ0n) is 12.9. The molecule has 1 aromatic heterocycles. The van der Waals surface area contributed by atoms with Crippen LogP contribution < -0.4 is 15.3 Å². The van der Waals surface area contributed by atoms with Crippen molar-refractivity contribution in [2.75, 3.05) is 6.61 Å². The van der Waals surface area contributed by atoms with Crippen LogP contribution in [0.1, 0.15) is 37.3 Å². The van der Waals surface area contributed by atoms with E-state index in [-0.39, 0.29) is 0 Å². The molecule has 1 saturated carbocycles. The first-order valence-corrected chi connectivity index (χ1v) is 8.42. The molecule has 0 radical (unpaired) electrons. The highest BCUT2D eigenvalue weighted by Crippen LogP contribution is 2.54. The quantitative estimate of drug-likeness (QED) is 0.788. The number of fused-ring (bicyclic) bond motifs is 4. The van der Waals surface area contributed by atoms with Crippen molar-refractivity contribution in [3.05, 3.63) is 52.7 Å². The fourth-order valence-corrected chi connectivity index (χ4v) is 4.46. The van der Waals surface area contributed by atoms with Gasteiger partial charge in [-0.25, -0.2) is 0 Å². The molecular weight excluding hydrogens is 270 g/mol.